The van der Waals surface area contributed by atoms with E-state index in [1.807, 2.05) is 72.8 Å². The third-order valence-electron chi connectivity index (χ3n) is 6.25. The zero-order valence-electron chi connectivity index (χ0n) is 19.1. The summed E-state index contributed by atoms with van der Waals surface area (Å²) in [6.45, 7) is 3.50. The molecular weight excluding hydrogens is 499 g/mol. The predicted octanol–water partition coefficient (Wildman–Crippen LogP) is 8.50. The topological polar surface area (TPSA) is 15.7 Å². The molecule has 0 aliphatic carbocycles. The summed E-state index contributed by atoms with van der Waals surface area (Å²) in [6.07, 6.45) is 0. The SMILES string of the molecule is Clc1ccc(C2CN(Cc3ccc(Oc4ccccc4)cc3)CCN2c2ccc(Cl)cc2Cl)cc1. The minimum absolute atomic E-state index is 0.139. The summed E-state index contributed by atoms with van der Waals surface area (Å²) in [5, 5.41) is 2.04. The highest BCUT2D eigenvalue weighted by molar-refractivity contribution is 6.36. The molecule has 1 saturated heterocycles. The van der Waals surface area contributed by atoms with Crippen LogP contribution in [0.3, 0.4) is 0 Å². The number of halogens is 3. The number of nitrogens with zero attached hydrogens (tertiary/aromatic N) is 2. The first-order valence-corrected chi connectivity index (χ1v) is 12.7. The molecule has 0 amide bonds. The van der Waals surface area contributed by atoms with Crippen LogP contribution in [0.4, 0.5) is 5.69 Å². The standard InChI is InChI=1S/C29H25Cl3N2O/c30-23-10-8-22(9-11-23)29-20-33(16-17-34(29)28-15-12-24(31)18-27(28)32)19-21-6-13-26(14-7-21)35-25-4-2-1-3-5-25/h1-15,18,29H,16-17,19-20H2. The van der Waals surface area contributed by atoms with Crippen LogP contribution >= 0.6 is 34.8 Å². The van der Waals surface area contributed by atoms with E-state index in [2.05, 4.69) is 34.1 Å². The van der Waals surface area contributed by atoms with Gasteiger partial charge in [-0.3, -0.25) is 4.90 Å². The highest BCUT2D eigenvalue weighted by Crippen LogP contribution is 2.37. The summed E-state index contributed by atoms with van der Waals surface area (Å²) in [7, 11) is 0. The highest BCUT2D eigenvalue weighted by Gasteiger charge is 2.29. The first kappa shape index (κ1) is 24.0. The maximum atomic E-state index is 6.61. The summed E-state index contributed by atoms with van der Waals surface area (Å²) >= 11 is 18.9. The van der Waals surface area contributed by atoms with Gasteiger partial charge in [0, 0.05) is 36.2 Å². The Bertz CT molecular complexity index is 1260. The minimum Gasteiger partial charge on any atom is -0.457 e. The number of rotatable bonds is 6. The van der Waals surface area contributed by atoms with Gasteiger partial charge in [0.15, 0.2) is 0 Å². The molecule has 35 heavy (non-hydrogen) atoms. The van der Waals surface area contributed by atoms with E-state index >= 15 is 0 Å². The van der Waals surface area contributed by atoms with Gasteiger partial charge >= 0.3 is 0 Å². The van der Waals surface area contributed by atoms with Crippen LogP contribution in [0.5, 0.6) is 11.5 Å². The summed E-state index contributed by atoms with van der Waals surface area (Å²) < 4.78 is 5.94. The van der Waals surface area contributed by atoms with Crippen LogP contribution in [0.25, 0.3) is 0 Å². The third kappa shape index (κ3) is 5.94. The second kappa shape index (κ2) is 10.9. The number of piperazine rings is 1. The Kier molecular flexibility index (Phi) is 7.50. The van der Waals surface area contributed by atoms with Crippen LogP contribution in [0.2, 0.25) is 15.1 Å². The van der Waals surface area contributed by atoms with Crippen LogP contribution in [-0.4, -0.2) is 24.5 Å². The van der Waals surface area contributed by atoms with Crippen molar-refractivity contribution in [2.75, 3.05) is 24.5 Å². The molecule has 0 saturated carbocycles. The molecule has 178 valence electrons. The van der Waals surface area contributed by atoms with Crippen molar-refractivity contribution >= 4 is 40.5 Å². The molecule has 0 radical (unpaired) electrons. The van der Waals surface area contributed by atoms with E-state index in [0.29, 0.717) is 10.0 Å². The van der Waals surface area contributed by atoms with E-state index in [-0.39, 0.29) is 6.04 Å². The van der Waals surface area contributed by atoms with Gasteiger partial charge < -0.3 is 9.64 Å². The van der Waals surface area contributed by atoms with Crippen LogP contribution in [0, 0.1) is 0 Å². The van der Waals surface area contributed by atoms with Gasteiger partial charge in [0.1, 0.15) is 11.5 Å². The van der Waals surface area contributed by atoms with Crippen LogP contribution in [0.1, 0.15) is 17.2 Å². The fraction of sp³-hybridized carbons (Fsp3) is 0.172. The fourth-order valence-electron chi connectivity index (χ4n) is 4.50. The first-order chi connectivity index (χ1) is 17.0. The van der Waals surface area contributed by atoms with E-state index in [1.165, 1.54) is 11.1 Å². The Balaban J connectivity index is 1.33. The number of anilines is 1. The second-order valence-electron chi connectivity index (χ2n) is 8.65. The molecule has 0 aromatic heterocycles. The molecule has 1 unspecified atom stereocenters. The number of hydrogen-bond donors (Lipinski definition) is 0. The average Bonchev–Trinajstić information content (AvgIpc) is 2.87. The molecule has 1 atom stereocenters. The lowest BCUT2D eigenvalue weighted by Crippen LogP contribution is -2.48. The van der Waals surface area contributed by atoms with Gasteiger partial charge in [0.2, 0.25) is 0 Å². The lowest BCUT2D eigenvalue weighted by molar-refractivity contribution is 0.215. The Labute approximate surface area is 221 Å². The van der Waals surface area contributed by atoms with Gasteiger partial charge in [-0.15, -0.1) is 0 Å². The Morgan fingerprint density at radius 1 is 0.714 bits per heavy atom. The maximum absolute atomic E-state index is 6.61. The van der Waals surface area contributed by atoms with Crippen molar-refractivity contribution in [2.45, 2.75) is 12.6 Å². The molecule has 0 spiro atoms. The van der Waals surface area contributed by atoms with E-state index in [4.69, 9.17) is 39.5 Å². The molecule has 4 aromatic carbocycles. The molecule has 1 aliphatic heterocycles. The van der Waals surface area contributed by atoms with Gasteiger partial charge in [0.25, 0.3) is 0 Å². The molecule has 1 fully saturated rings. The predicted molar refractivity (Wildman–Crippen MR) is 146 cm³/mol. The summed E-state index contributed by atoms with van der Waals surface area (Å²) in [4.78, 5) is 4.85. The van der Waals surface area contributed by atoms with Crippen molar-refractivity contribution in [3.8, 4) is 11.5 Å². The first-order valence-electron chi connectivity index (χ1n) is 11.6. The van der Waals surface area contributed by atoms with E-state index in [9.17, 15) is 0 Å². The largest absolute Gasteiger partial charge is 0.457 e. The lowest BCUT2D eigenvalue weighted by atomic mass is 10.0. The molecule has 5 rings (SSSR count). The highest BCUT2D eigenvalue weighted by atomic mass is 35.5. The van der Waals surface area contributed by atoms with Crippen molar-refractivity contribution in [1.82, 2.24) is 4.90 Å². The van der Waals surface area contributed by atoms with Crippen molar-refractivity contribution in [1.29, 1.82) is 0 Å². The van der Waals surface area contributed by atoms with Gasteiger partial charge in [-0.25, -0.2) is 0 Å². The smallest absolute Gasteiger partial charge is 0.127 e. The average molecular weight is 524 g/mol. The molecule has 3 nitrogen and oxygen atoms in total. The summed E-state index contributed by atoms with van der Waals surface area (Å²) in [6, 6.07) is 32.1. The normalized spacial score (nSPS) is 16.3. The zero-order chi connectivity index (χ0) is 24.2. The molecule has 1 aliphatic rings. The third-order valence-corrected chi connectivity index (χ3v) is 7.04. The second-order valence-corrected chi connectivity index (χ2v) is 9.93. The maximum Gasteiger partial charge on any atom is 0.127 e. The fourth-order valence-corrected chi connectivity index (χ4v) is 5.14. The molecule has 6 heteroatoms. The van der Waals surface area contributed by atoms with Gasteiger partial charge in [-0.1, -0.05) is 77.3 Å². The van der Waals surface area contributed by atoms with Crippen molar-refractivity contribution in [3.63, 3.8) is 0 Å². The van der Waals surface area contributed by atoms with Gasteiger partial charge in [-0.05, 0) is 65.7 Å². The van der Waals surface area contributed by atoms with Crippen molar-refractivity contribution < 1.29 is 4.74 Å². The minimum atomic E-state index is 0.139. The Morgan fingerprint density at radius 2 is 1.40 bits per heavy atom. The van der Waals surface area contributed by atoms with Gasteiger partial charge in [-0.2, -0.15) is 0 Å². The van der Waals surface area contributed by atoms with E-state index in [1.54, 1.807) is 0 Å². The number of ether oxygens (including phenoxy) is 1. The van der Waals surface area contributed by atoms with Gasteiger partial charge in [0.05, 0.1) is 16.8 Å². The molecule has 0 N–H and O–H groups in total. The summed E-state index contributed by atoms with van der Waals surface area (Å²) in [5.41, 5.74) is 3.45. The van der Waals surface area contributed by atoms with Crippen LogP contribution in [0.15, 0.2) is 97.1 Å². The van der Waals surface area contributed by atoms with Crippen LogP contribution in [-0.2, 0) is 6.54 Å². The molecule has 4 aromatic rings. The molecular formula is C29H25Cl3N2O. The van der Waals surface area contributed by atoms with Crippen molar-refractivity contribution in [2.24, 2.45) is 0 Å². The lowest BCUT2D eigenvalue weighted by Gasteiger charge is -2.43. The van der Waals surface area contributed by atoms with E-state index in [0.717, 1.165) is 48.4 Å². The Morgan fingerprint density at radius 3 is 2.11 bits per heavy atom. The molecule has 0 bridgehead atoms. The quantitative estimate of drug-likeness (QED) is 0.252. The zero-order valence-corrected chi connectivity index (χ0v) is 21.3. The number of benzene rings is 4. The molecule has 1 heterocycles. The monoisotopic (exact) mass is 522 g/mol. The summed E-state index contributed by atoms with van der Waals surface area (Å²) in [5.74, 6) is 1.67. The van der Waals surface area contributed by atoms with Crippen LogP contribution < -0.4 is 9.64 Å². The van der Waals surface area contributed by atoms with Crippen molar-refractivity contribution in [3.05, 3.63) is 123 Å². The number of hydrogen-bond acceptors (Lipinski definition) is 3. The van der Waals surface area contributed by atoms with E-state index < -0.39 is 0 Å². The number of para-hydroxylation sites is 1. The Hall–Kier alpha value is -2.69.